The Morgan fingerprint density at radius 1 is 0.875 bits per heavy atom. The van der Waals surface area contributed by atoms with E-state index >= 15 is 0 Å². The molecule has 0 aliphatic carbocycles. The molecule has 1 fully saturated rings. The second kappa shape index (κ2) is 25.4. The van der Waals surface area contributed by atoms with Crippen molar-refractivity contribution < 1.29 is 33.4 Å². The summed E-state index contributed by atoms with van der Waals surface area (Å²) in [5, 5.41) is 9.13. The third-order valence-corrected chi connectivity index (χ3v) is 14.0. The molecule has 1 aromatic heterocycles. The Labute approximate surface area is 387 Å². The van der Waals surface area contributed by atoms with Gasteiger partial charge in [-0.25, -0.2) is 4.98 Å². The van der Waals surface area contributed by atoms with Crippen LogP contribution in [0.1, 0.15) is 96.3 Å². The number of nitrogens with zero attached hydrogens (tertiary/aromatic N) is 4. The predicted octanol–water partition coefficient (Wildman–Crippen LogP) is 6.81. The average Bonchev–Trinajstić information content (AvgIpc) is 4.01. The van der Waals surface area contributed by atoms with E-state index in [2.05, 4.69) is 34.4 Å². The van der Waals surface area contributed by atoms with E-state index in [0.29, 0.717) is 25.9 Å². The van der Waals surface area contributed by atoms with Gasteiger partial charge in [-0.1, -0.05) is 97.4 Å². The molecule has 0 saturated carbocycles. The van der Waals surface area contributed by atoms with E-state index in [1.165, 1.54) is 11.3 Å². The summed E-state index contributed by atoms with van der Waals surface area (Å²) in [6.07, 6.45) is 4.14. The first kappa shape index (κ1) is 52.3. The molecule has 64 heavy (non-hydrogen) atoms. The molecule has 1 aliphatic rings. The highest BCUT2D eigenvalue weighted by atomic mass is 32.1. The Kier molecular flexibility index (Phi) is 20.7. The first-order valence-electron chi connectivity index (χ1n) is 23.0. The van der Waals surface area contributed by atoms with Crippen LogP contribution in [0.4, 0.5) is 0 Å². The van der Waals surface area contributed by atoms with Gasteiger partial charge in [0.25, 0.3) is 0 Å². The Bertz CT molecular complexity index is 1880. The van der Waals surface area contributed by atoms with Crippen molar-refractivity contribution in [3.63, 3.8) is 0 Å². The zero-order valence-electron chi connectivity index (χ0n) is 40.4. The van der Waals surface area contributed by atoms with Crippen LogP contribution in [0.25, 0.3) is 0 Å². The largest absolute Gasteiger partial charge is 0.497 e. The molecule has 1 aliphatic heterocycles. The quantitative estimate of drug-likeness (QED) is 0.0938. The van der Waals surface area contributed by atoms with Gasteiger partial charge in [-0.15, -0.1) is 11.3 Å². The summed E-state index contributed by atoms with van der Waals surface area (Å²) in [7, 11) is 8.54. The smallest absolute Gasteiger partial charge is 0.245 e. The molecule has 4 rings (SSSR count). The molecule has 0 unspecified atom stereocenters. The second-order valence-corrected chi connectivity index (χ2v) is 19.1. The zero-order chi connectivity index (χ0) is 47.1. The van der Waals surface area contributed by atoms with Gasteiger partial charge in [-0.05, 0) is 73.7 Å². The van der Waals surface area contributed by atoms with E-state index in [1.54, 1.807) is 39.5 Å². The number of aromatic nitrogens is 1. The third kappa shape index (κ3) is 13.8. The highest BCUT2D eigenvalue weighted by molar-refractivity contribution is 7.09. The summed E-state index contributed by atoms with van der Waals surface area (Å²) >= 11 is 1.51. The van der Waals surface area contributed by atoms with Crippen LogP contribution < -0.4 is 15.4 Å². The van der Waals surface area contributed by atoms with E-state index in [4.69, 9.17) is 14.2 Å². The lowest BCUT2D eigenvalue weighted by Crippen LogP contribution is -2.60. The summed E-state index contributed by atoms with van der Waals surface area (Å²) in [5.74, 6) is -0.729. The number of carbonyl (C=O) groups is 4. The molecule has 2 N–H and O–H groups in total. The number of nitrogens with one attached hydrogen (secondary N) is 2. The van der Waals surface area contributed by atoms with Crippen molar-refractivity contribution in [2.45, 2.75) is 129 Å². The number of hydrogen-bond acceptors (Lipinski definition) is 10. The normalized spacial score (nSPS) is 17.9. The van der Waals surface area contributed by atoms with Crippen molar-refractivity contribution in [3.05, 3.63) is 82.3 Å². The van der Waals surface area contributed by atoms with Crippen molar-refractivity contribution in [1.82, 2.24) is 30.3 Å². The molecule has 3 aromatic rings. The maximum Gasteiger partial charge on any atom is 0.245 e. The molecule has 13 nitrogen and oxygen atoms in total. The van der Waals surface area contributed by atoms with Crippen molar-refractivity contribution in [1.29, 1.82) is 0 Å². The van der Waals surface area contributed by atoms with Crippen molar-refractivity contribution in [2.24, 2.45) is 23.7 Å². The minimum atomic E-state index is -0.797. The Morgan fingerprint density at radius 3 is 2.12 bits per heavy atom. The first-order valence-corrected chi connectivity index (χ1v) is 23.9. The molecular formula is C50H76N6O7S. The molecule has 2 heterocycles. The topological polar surface area (TPSA) is 143 Å². The Balaban J connectivity index is 1.46. The van der Waals surface area contributed by atoms with Gasteiger partial charge in [0, 0.05) is 45.9 Å². The summed E-state index contributed by atoms with van der Waals surface area (Å²) in [5.41, 5.74) is 2.23. The van der Waals surface area contributed by atoms with Crippen LogP contribution in [0.3, 0.4) is 0 Å². The molecule has 9 atom stereocenters. The van der Waals surface area contributed by atoms with Crippen LogP contribution in [0.15, 0.2) is 66.2 Å². The molecule has 2 aromatic carbocycles. The maximum atomic E-state index is 14.6. The number of rotatable bonds is 25. The fraction of sp³-hybridized carbons (Fsp3) is 0.620. The number of amides is 4. The van der Waals surface area contributed by atoms with Gasteiger partial charge < -0.3 is 34.6 Å². The lowest BCUT2D eigenvalue weighted by Gasteiger charge is -2.41. The standard InChI is InChI=1S/C50H76N6O7S/c1-13-34(6)45(55(9)50(60)43(32(2)3)53-48(59)44(33(4)5)54(8)28-25-36-21-23-38(61-10)24-22-36)41(62-11)31-42(57)56-27-17-20-40(56)46(63-12)35(7)47(58)52-39(49-51-26-29-64-49)30-37-18-15-14-16-19-37/h14-16,18-19,21-24,26,29,32-35,39-41,43-46H,13,17,20,25,27-28,30-31H2,1-12H3,(H,52,58)(H,53,59)/t34-,35+,39-,40-,41+,43-,44-,45-,46+/m0/s1. The van der Waals surface area contributed by atoms with Crippen LogP contribution in [0.5, 0.6) is 5.75 Å². The number of ether oxygens (including phenoxy) is 3. The molecule has 14 heteroatoms. The van der Waals surface area contributed by atoms with E-state index in [-0.39, 0.29) is 59.9 Å². The molecule has 0 bridgehead atoms. The fourth-order valence-electron chi connectivity index (χ4n) is 9.29. The van der Waals surface area contributed by atoms with Crippen molar-refractivity contribution in [2.75, 3.05) is 48.5 Å². The van der Waals surface area contributed by atoms with Crippen LogP contribution >= 0.6 is 11.3 Å². The number of carbonyl (C=O) groups excluding carboxylic acids is 4. The van der Waals surface area contributed by atoms with Gasteiger partial charge in [-0.2, -0.15) is 0 Å². The molecular weight excluding hydrogens is 829 g/mol. The summed E-state index contributed by atoms with van der Waals surface area (Å²) in [6.45, 7) is 15.1. The second-order valence-electron chi connectivity index (χ2n) is 18.2. The lowest BCUT2D eigenvalue weighted by molar-refractivity contribution is -0.148. The highest BCUT2D eigenvalue weighted by Gasteiger charge is 2.43. The number of methoxy groups -OCH3 is 3. The minimum absolute atomic E-state index is 0.0113. The average molecular weight is 905 g/mol. The molecule has 4 amide bonds. The molecule has 0 spiro atoms. The van der Waals surface area contributed by atoms with Crippen LogP contribution in [0, 0.1) is 23.7 Å². The fourth-order valence-corrected chi connectivity index (χ4v) is 9.98. The predicted molar refractivity (Wildman–Crippen MR) is 254 cm³/mol. The van der Waals surface area contributed by atoms with Gasteiger partial charge in [0.15, 0.2) is 0 Å². The molecule has 1 saturated heterocycles. The Hall–Kier alpha value is -4.37. The summed E-state index contributed by atoms with van der Waals surface area (Å²) in [4.78, 5) is 67.3. The Morgan fingerprint density at radius 2 is 1.56 bits per heavy atom. The maximum absolute atomic E-state index is 14.6. The number of likely N-dealkylation sites (tertiary alicyclic amines) is 1. The van der Waals surface area contributed by atoms with Gasteiger partial charge in [0.05, 0.1) is 55.8 Å². The monoisotopic (exact) mass is 905 g/mol. The molecule has 0 radical (unpaired) electrons. The number of likely N-dealkylation sites (N-methyl/N-ethyl adjacent to an activating group) is 2. The number of benzene rings is 2. The number of hydrogen-bond donors (Lipinski definition) is 2. The molecule has 354 valence electrons. The SMILES string of the molecule is CC[C@H](C)[C@@H]([C@@H](CC(=O)N1CCC[C@H]1[C@H](OC)[C@@H](C)C(=O)N[C@@H](Cc1ccccc1)c1nccs1)OC)N(C)C(=O)[C@@H](NC(=O)[C@H](C(C)C)N(C)CCc1ccc(OC)cc1)C(C)C. The number of thiazole rings is 1. The van der Waals surface area contributed by atoms with Gasteiger partial charge >= 0.3 is 0 Å². The van der Waals surface area contributed by atoms with Crippen LogP contribution in [0.2, 0.25) is 0 Å². The zero-order valence-corrected chi connectivity index (χ0v) is 41.2. The van der Waals surface area contributed by atoms with E-state index in [0.717, 1.165) is 41.1 Å². The third-order valence-electron chi connectivity index (χ3n) is 13.1. The van der Waals surface area contributed by atoms with Crippen molar-refractivity contribution >= 4 is 35.0 Å². The van der Waals surface area contributed by atoms with Crippen molar-refractivity contribution in [3.8, 4) is 5.75 Å². The van der Waals surface area contributed by atoms with Crippen LogP contribution in [-0.4, -0.2) is 128 Å². The lowest BCUT2D eigenvalue weighted by atomic mass is 9.89. The summed E-state index contributed by atoms with van der Waals surface area (Å²) in [6, 6.07) is 15.6. The van der Waals surface area contributed by atoms with E-state index < -0.39 is 36.3 Å². The van der Waals surface area contributed by atoms with E-state index in [1.807, 2.05) is 107 Å². The van der Waals surface area contributed by atoms with Gasteiger partial charge in [-0.3, -0.25) is 24.1 Å². The first-order chi connectivity index (χ1) is 30.6. The highest BCUT2D eigenvalue weighted by Crippen LogP contribution is 2.31. The van der Waals surface area contributed by atoms with Gasteiger partial charge in [0.2, 0.25) is 23.6 Å². The minimum Gasteiger partial charge on any atom is -0.497 e. The summed E-state index contributed by atoms with van der Waals surface area (Å²) < 4.78 is 17.5. The van der Waals surface area contributed by atoms with Crippen LogP contribution in [-0.2, 0) is 41.5 Å². The van der Waals surface area contributed by atoms with E-state index in [9.17, 15) is 19.2 Å². The van der Waals surface area contributed by atoms with Gasteiger partial charge in [0.1, 0.15) is 16.8 Å².